The molecule has 3 nitrogen and oxygen atoms in total. The SMILES string of the molecule is COC1(C(Cc2ccc(Cl)cc2Cl)NN)CCCC1. The van der Waals surface area contributed by atoms with Gasteiger partial charge in [-0.25, -0.2) is 0 Å². The Balaban J connectivity index is 2.18. The molecule has 3 N–H and O–H groups in total. The first-order valence-corrected chi connectivity index (χ1v) is 7.32. The predicted molar refractivity (Wildman–Crippen MR) is 79.5 cm³/mol. The third kappa shape index (κ3) is 3.23. The monoisotopic (exact) mass is 302 g/mol. The number of hydrogen-bond acceptors (Lipinski definition) is 3. The number of hydrogen-bond donors (Lipinski definition) is 2. The number of hydrazine groups is 1. The molecule has 0 bridgehead atoms. The smallest absolute Gasteiger partial charge is 0.0847 e. The second-order valence-electron chi connectivity index (χ2n) is 5.14. The maximum absolute atomic E-state index is 6.23. The lowest BCUT2D eigenvalue weighted by atomic mass is 9.87. The normalized spacial score (nSPS) is 19.6. The van der Waals surface area contributed by atoms with Gasteiger partial charge in [-0.05, 0) is 37.0 Å². The van der Waals surface area contributed by atoms with Crippen molar-refractivity contribution >= 4 is 23.2 Å². The van der Waals surface area contributed by atoms with E-state index in [0.717, 1.165) is 24.8 Å². The lowest BCUT2D eigenvalue weighted by Crippen LogP contribution is -2.54. The van der Waals surface area contributed by atoms with Crippen molar-refractivity contribution in [1.82, 2.24) is 5.43 Å². The van der Waals surface area contributed by atoms with Gasteiger partial charge in [0.05, 0.1) is 11.6 Å². The first-order chi connectivity index (χ1) is 9.11. The minimum Gasteiger partial charge on any atom is -0.377 e. The van der Waals surface area contributed by atoms with Gasteiger partial charge in [-0.15, -0.1) is 0 Å². The summed E-state index contributed by atoms with van der Waals surface area (Å²) in [5, 5.41) is 1.32. The fourth-order valence-electron chi connectivity index (χ4n) is 2.97. The third-order valence-corrected chi connectivity index (χ3v) is 4.72. The fraction of sp³-hybridized carbons (Fsp3) is 0.571. The van der Waals surface area contributed by atoms with Crippen molar-refractivity contribution in [1.29, 1.82) is 0 Å². The highest BCUT2D eigenvalue weighted by Gasteiger charge is 2.41. The quantitative estimate of drug-likeness (QED) is 0.648. The third-order valence-electron chi connectivity index (χ3n) is 4.13. The number of halogens is 2. The van der Waals surface area contributed by atoms with Crippen molar-refractivity contribution in [2.24, 2.45) is 5.84 Å². The summed E-state index contributed by atoms with van der Waals surface area (Å²) in [5.41, 5.74) is 3.77. The van der Waals surface area contributed by atoms with Crippen molar-refractivity contribution in [3.63, 3.8) is 0 Å². The molecule has 1 aromatic carbocycles. The van der Waals surface area contributed by atoms with E-state index >= 15 is 0 Å². The van der Waals surface area contributed by atoms with Crippen LogP contribution in [0, 0.1) is 0 Å². The molecule has 0 heterocycles. The van der Waals surface area contributed by atoms with E-state index in [0.29, 0.717) is 10.0 Å². The molecule has 2 rings (SSSR count). The molecule has 0 spiro atoms. The first-order valence-electron chi connectivity index (χ1n) is 6.56. The van der Waals surface area contributed by atoms with Gasteiger partial charge in [-0.1, -0.05) is 42.1 Å². The van der Waals surface area contributed by atoms with Crippen molar-refractivity contribution < 1.29 is 4.74 Å². The number of rotatable bonds is 5. The van der Waals surface area contributed by atoms with Crippen molar-refractivity contribution in [2.75, 3.05) is 7.11 Å². The highest BCUT2D eigenvalue weighted by molar-refractivity contribution is 6.35. The summed E-state index contributed by atoms with van der Waals surface area (Å²) in [6.45, 7) is 0. The van der Waals surface area contributed by atoms with Gasteiger partial charge in [0.1, 0.15) is 0 Å². The number of nitrogens with two attached hydrogens (primary N) is 1. The average Bonchev–Trinajstić information content (AvgIpc) is 2.88. The molecular formula is C14H20Cl2N2O. The molecule has 106 valence electrons. The zero-order chi connectivity index (χ0) is 13.9. The molecule has 1 aromatic rings. The summed E-state index contributed by atoms with van der Waals surface area (Å²) in [4.78, 5) is 0. The molecule has 1 fully saturated rings. The van der Waals surface area contributed by atoms with Gasteiger partial charge in [0, 0.05) is 17.2 Å². The maximum Gasteiger partial charge on any atom is 0.0847 e. The average molecular weight is 303 g/mol. The summed E-state index contributed by atoms with van der Waals surface area (Å²) in [7, 11) is 1.76. The lowest BCUT2D eigenvalue weighted by molar-refractivity contribution is -0.0355. The molecule has 1 aliphatic rings. The summed E-state index contributed by atoms with van der Waals surface area (Å²) in [6.07, 6.45) is 5.16. The van der Waals surface area contributed by atoms with Crippen LogP contribution >= 0.6 is 23.2 Å². The Morgan fingerprint density at radius 2 is 2.05 bits per heavy atom. The van der Waals surface area contributed by atoms with Gasteiger partial charge in [-0.2, -0.15) is 0 Å². The molecular weight excluding hydrogens is 283 g/mol. The molecule has 1 atom stereocenters. The van der Waals surface area contributed by atoms with Crippen LogP contribution in [0.2, 0.25) is 10.0 Å². The molecule has 0 aliphatic heterocycles. The summed E-state index contributed by atoms with van der Waals surface area (Å²) in [6, 6.07) is 5.62. The highest BCUT2D eigenvalue weighted by Crippen LogP contribution is 2.37. The molecule has 1 unspecified atom stereocenters. The van der Waals surface area contributed by atoms with Crippen molar-refractivity contribution in [3.05, 3.63) is 33.8 Å². The molecule has 1 saturated carbocycles. The van der Waals surface area contributed by atoms with Gasteiger partial charge in [0.15, 0.2) is 0 Å². The second-order valence-corrected chi connectivity index (χ2v) is 5.98. The number of benzene rings is 1. The zero-order valence-electron chi connectivity index (χ0n) is 11.1. The lowest BCUT2D eigenvalue weighted by Gasteiger charge is -2.36. The topological polar surface area (TPSA) is 47.3 Å². The van der Waals surface area contributed by atoms with E-state index in [9.17, 15) is 0 Å². The van der Waals surface area contributed by atoms with Crippen LogP contribution in [0.5, 0.6) is 0 Å². The van der Waals surface area contributed by atoms with Crippen LogP contribution in [0.3, 0.4) is 0 Å². The van der Waals surface area contributed by atoms with E-state index in [4.69, 9.17) is 33.8 Å². The minimum absolute atomic E-state index is 0.0543. The summed E-state index contributed by atoms with van der Waals surface area (Å²) >= 11 is 12.2. The van der Waals surface area contributed by atoms with E-state index in [-0.39, 0.29) is 11.6 Å². The molecule has 0 amide bonds. The van der Waals surface area contributed by atoms with Gasteiger partial charge in [0.2, 0.25) is 0 Å². The van der Waals surface area contributed by atoms with E-state index in [2.05, 4.69) is 5.43 Å². The van der Waals surface area contributed by atoms with E-state index in [1.165, 1.54) is 12.8 Å². The highest BCUT2D eigenvalue weighted by atomic mass is 35.5. The first kappa shape index (κ1) is 15.1. The van der Waals surface area contributed by atoms with Crippen LogP contribution in [0.4, 0.5) is 0 Å². The van der Waals surface area contributed by atoms with E-state index < -0.39 is 0 Å². The Morgan fingerprint density at radius 3 is 2.58 bits per heavy atom. The zero-order valence-corrected chi connectivity index (χ0v) is 12.6. The number of methoxy groups -OCH3 is 1. The summed E-state index contributed by atoms with van der Waals surface area (Å²) < 4.78 is 5.78. The Morgan fingerprint density at radius 1 is 1.37 bits per heavy atom. The Bertz CT molecular complexity index is 433. The van der Waals surface area contributed by atoms with Crippen LogP contribution in [0.15, 0.2) is 18.2 Å². The summed E-state index contributed by atoms with van der Waals surface area (Å²) in [5.74, 6) is 5.74. The van der Waals surface area contributed by atoms with Crippen LogP contribution < -0.4 is 11.3 Å². The van der Waals surface area contributed by atoms with Gasteiger partial charge in [-0.3, -0.25) is 11.3 Å². The van der Waals surface area contributed by atoms with Gasteiger partial charge < -0.3 is 4.74 Å². The molecule has 1 aliphatic carbocycles. The molecule has 0 saturated heterocycles. The number of nitrogens with one attached hydrogen (secondary N) is 1. The molecule has 19 heavy (non-hydrogen) atoms. The van der Waals surface area contributed by atoms with Crippen LogP contribution in [-0.4, -0.2) is 18.8 Å². The minimum atomic E-state index is -0.183. The van der Waals surface area contributed by atoms with Crippen molar-refractivity contribution in [2.45, 2.75) is 43.7 Å². The molecule has 0 aromatic heterocycles. The Kier molecular flexibility index (Phi) is 5.09. The fourth-order valence-corrected chi connectivity index (χ4v) is 3.46. The van der Waals surface area contributed by atoms with Crippen LogP contribution in [-0.2, 0) is 11.2 Å². The largest absolute Gasteiger partial charge is 0.377 e. The van der Waals surface area contributed by atoms with Gasteiger partial charge in [0.25, 0.3) is 0 Å². The standard InChI is InChI=1S/C14H20Cl2N2O/c1-19-14(6-2-3-7-14)13(18-17)8-10-4-5-11(15)9-12(10)16/h4-5,9,13,18H,2-3,6-8,17H2,1H3. The van der Waals surface area contributed by atoms with Crippen molar-refractivity contribution in [3.8, 4) is 0 Å². The molecule has 0 radical (unpaired) electrons. The van der Waals surface area contributed by atoms with E-state index in [1.54, 1.807) is 13.2 Å². The van der Waals surface area contributed by atoms with E-state index in [1.807, 2.05) is 12.1 Å². The molecule has 5 heteroatoms. The Hall–Kier alpha value is -0.320. The van der Waals surface area contributed by atoms with Gasteiger partial charge >= 0.3 is 0 Å². The number of ether oxygens (including phenoxy) is 1. The predicted octanol–water partition coefficient (Wildman–Crippen LogP) is 3.33. The van der Waals surface area contributed by atoms with Crippen LogP contribution in [0.25, 0.3) is 0 Å². The Labute approximate surface area is 124 Å². The van der Waals surface area contributed by atoms with Crippen LogP contribution in [0.1, 0.15) is 31.2 Å². The second kappa shape index (κ2) is 6.42. The maximum atomic E-state index is 6.23.